The van der Waals surface area contributed by atoms with Crippen molar-refractivity contribution in [2.24, 2.45) is 0 Å². The molecule has 0 aliphatic carbocycles. The van der Waals surface area contributed by atoms with Gasteiger partial charge in [-0.2, -0.15) is 0 Å². The van der Waals surface area contributed by atoms with E-state index >= 15 is 0 Å². The molecule has 0 N–H and O–H groups in total. The smallest absolute Gasteiger partial charge is 0.306 e. The number of carbonyl (C=O) groups is 1. The zero-order valence-corrected chi connectivity index (χ0v) is 7.95. The highest BCUT2D eigenvalue weighted by atomic mass is 16.5. The van der Waals surface area contributed by atoms with Gasteiger partial charge in [-0.25, -0.2) is 0 Å². The first kappa shape index (κ1) is 9.84. The first-order valence-corrected chi connectivity index (χ1v) is 4.40. The second kappa shape index (κ2) is 4.70. The SMILES string of the molecule is CC(C)OC(=O)CCc1ccco1. The van der Waals surface area contributed by atoms with Crippen molar-refractivity contribution >= 4 is 5.97 Å². The van der Waals surface area contributed by atoms with Gasteiger partial charge in [-0.05, 0) is 26.0 Å². The lowest BCUT2D eigenvalue weighted by molar-refractivity contribution is -0.147. The Morgan fingerprint density at radius 1 is 1.62 bits per heavy atom. The molecule has 3 heteroatoms. The maximum Gasteiger partial charge on any atom is 0.306 e. The maximum absolute atomic E-state index is 11.1. The van der Waals surface area contributed by atoms with Crippen LogP contribution in [0.4, 0.5) is 0 Å². The molecule has 0 atom stereocenters. The van der Waals surface area contributed by atoms with E-state index in [1.165, 1.54) is 0 Å². The highest BCUT2D eigenvalue weighted by molar-refractivity contribution is 5.69. The van der Waals surface area contributed by atoms with Crippen molar-refractivity contribution < 1.29 is 13.9 Å². The van der Waals surface area contributed by atoms with Gasteiger partial charge in [0.1, 0.15) is 5.76 Å². The Balaban J connectivity index is 2.23. The molecule has 1 aromatic rings. The fraction of sp³-hybridized carbons (Fsp3) is 0.500. The number of hydrogen-bond donors (Lipinski definition) is 0. The standard InChI is InChI=1S/C10H14O3/c1-8(2)13-10(11)6-5-9-4-3-7-12-9/h3-4,7-8H,5-6H2,1-2H3. The Labute approximate surface area is 77.7 Å². The third-order valence-electron chi connectivity index (χ3n) is 1.52. The predicted octanol–water partition coefficient (Wildman–Crippen LogP) is 2.16. The van der Waals surface area contributed by atoms with E-state index in [0.29, 0.717) is 12.8 Å². The minimum Gasteiger partial charge on any atom is -0.469 e. The van der Waals surface area contributed by atoms with Crippen molar-refractivity contribution in [3.63, 3.8) is 0 Å². The number of aryl methyl sites for hydroxylation is 1. The fourth-order valence-electron chi connectivity index (χ4n) is 1.00. The number of rotatable bonds is 4. The summed E-state index contributed by atoms with van der Waals surface area (Å²) in [5.74, 6) is 0.645. The highest BCUT2D eigenvalue weighted by Crippen LogP contribution is 2.04. The first-order valence-electron chi connectivity index (χ1n) is 4.40. The third-order valence-corrected chi connectivity index (χ3v) is 1.52. The fourth-order valence-corrected chi connectivity index (χ4v) is 1.00. The van der Waals surface area contributed by atoms with Crippen molar-refractivity contribution in [2.75, 3.05) is 0 Å². The van der Waals surface area contributed by atoms with Crippen LogP contribution in [-0.4, -0.2) is 12.1 Å². The predicted molar refractivity (Wildman–Crippen MR) is 48.3 cm³/mol. The zero-order valence-electron chi connectivity index (χ0n) is 7.95. The lowest BCUT2D eigenvalue weighted by atomic mass is 10.2. The van der Waals surface area contributed by atoms with Gasteiger partial charge in [0, 0.05) is 6.42 Å². The molecule has 0 spiro atoms. The van der Waals surface area contributed by atoms with Gasteiger partial charge in [-0.1, -0.05) is 0 Å². The molecule has 0 aliphatic heterocycles. The van der Waals surface area contributed by atoms with Crippen LogP contribution in [0.3, 0.4) is 0 Å². The molecule has 0 saturated heterocycles. The van der Waals surface area contributed by atoms with Crippen molar-refractivity contribution in [1.82, 2.24) is 0 Å². The molecule has 72 valence electrons. The Morgan fingerprint density at radius 3 is 2.92 bits per heavy atom. The van der Waals surface area contributed by atoms with Gasteiger partial charge in [0.2, 0.25) is 0 Å². The van der Waals surface area contributed by atoms with Crippen LogP contribution in [0.25, 0.3) is 0 Å². The molecule has 0 saturated carbocycles. The highest BCUT2D eigenvalue weighted by Gasteiger charge is 2.06. The molecule has 1 heterocycles. The van der Waals surface area contributed by atoms with Gasteiger partial charge in [0.05, 0.1) is 18.8 Å². The number of carbonyl (C=O) groups excluding carboxylic acids is 1. The molecule has 0 amide bonds. The van der Waals surface area contributed by atoms with Crippen LogP contribution < -0.4 is 0 Å². The summed E-state index contributed by atoms with van der Waals surface area (Å²) < 4.78 is 10.0. The molecule has 13 heavy (non-hydrogen) atoms. The van der Waals surface area contributed by atoms with Crippen LogP contribution in [0, 0.1) is 0 Å². The number of furan rings is 1. The average Bonchev–Trinajstić information content (AvgIpc) is 2.51. The minimum absolute atomic E-state index is 0.0379. The van der Waals surface area contributed by atoms with Crippen LogP contribution in [0.5, 0.6) is 0 Å². The second-order valence-corrected chi connectivity index (χ2v) is 3.12. The lowest BCUT2D eigenvalue weighted by Crippen LogP contribution is -2.11. The molecule has 0 unspecified atom stereocenters. The Kier molecular flexibility index (Phi) is 3.55. The molecule has 1 rings (SSSR count). The first-order chi connectivity index (χ1) is 6.18. The van der Waals surface area contributed by atoms with E-state index in [4.69, 9.17) is 9.15 Å². The van der Waals surface area contributed by atoms with Crippen LogP contribution in [0.1, 0.15) is 26.0 Å². The Hall–Kier alpha value is -1.25. The molecule has 0 bridgehead atoms. The van der Waals surface area contributed by atoms with Gasteiger partial charge >= 0.3 is 5.97 Å². The third kappa shape index (κ3) is 3.78. The summed E-state index contributed by atoms with van der Waals surface area (Å²) in [6.07, 6.45) is 2.55. The Morgan fingerprint density at radius 2 is 2.38 bits per heavy atom. The van der Waals surface area contributed by atoms with Crippen LogP contribution in [-0.2, 0) is 16.0 Å². The van der Waals surface area contributed by atoms with E-state index in [2.05, 4.69) is 0 Å². The van der Waals surface area contributed by atoms with E-state index in [9.17, 15) is 4.79 Å². The summed E-state index contributed by atoms with van der Waals surface area (Å²) in [5.41, 5.74) is 0. The number of hydrogen-bond acceptors (Lipinski definition) is 3. The molecule has 3 nitrogen and oxygen atoms in total. The van der Waals surface area contributed by atoms with Gasteiger partial charge in [-0.15, -0.1) is 0 Å². The Bertz CT molecular complexity index is 249. The largest absolute Gasteiger partial charge is 0.469 e. The maximum atomic E-state index is 11.1. The molecular formula is C10H14O3. The summed E-state index contributed by atoms with van der Waals surface area (Å²) in [6.45, 7) is 3.68. The van der Waals surface area contributed by atoms with E-state index in [1.807, 2.05) is 26.0 Å². The van der Waals surface area contributed by atoms with E-state index < -0.39 is 0 Å². The summed E-state index contributed by atoms with van der Waals surface area (Å²) in [5, 5.41) is 0. The summed E-state index contributed by atoms with van der Waals surface area (Å²) >= 11 is 0. The normalized spacial score (nSPS) is 10.4. The number of esters is 1. The molecule has 0 aromatic carbocycles. The van der Waals surface area contributed by atoms with Gasteiger partial charge in [0.15, 0.2) is 0 Å². The average molecular weight is 182 g/mol. The quantitative estimate of drug-likeness (QED) is 0.670. The minimum atomic E-state index is -0.175. The monoisotopic (exact) mass is 182 g/mol. The van der Waals surface area contributed by atoms with Crippen molar-refractivity contribution in [3.05, 3.63) is 24.2 Å². The van der Waals surface area contributed by atoms with Crippen LogP contribution >= 0.6 is 0 Å². The van der Waals surface area contributed by atoms with Gasteiger partial charge in [0.25, 0.3) is 0 Å². The zero-order chi connectivity index (χ0) is 9.68. The molecule has 0 fully saturated rings. The summed E-state index contributed by atoms with van der Waals surface area (Å²) in [4.78, 5) is 11.1. The van der Waals surface area contributed by atoms with E-state index in [1.54, 1.807) is 6.26 Å². The van der Waals surface area contributed by atoms with E-state index in [0.717, 1.165) is 5.76 Å². The van der Waals surface area contributed by atoms with Gasteiger partial charge in [-0.3, -0.25) is 4.79 Å². The van der Waals surface area contributed by atoms with Gasteiger partial charge < -0.3 is 9.15 Å². The van der Waals surface area contributed by atoms with Crippen molar-refractivity contribution in [1.29, 1.82) is 0 Å². The van der Waals surface area contributed by atoms with E-state index in [-0.39, 0.29) is 12.1 Å². The molecule has 1 aromatic heterocycles. The molecular weight excluding hydrogens is 168 g/mol. The topological polar surface area (TPSA) is 39.4 Å². The lowest BCUT2D eigenvalue weighted by Gasteiger charge is -2.06. The molecule has 0 aliphatic rings. The van der Waals surface area contributed by atoms with Crippen molar-refractivity contribution in [3.8, 4) is 0 Å². The number of ether oxygens (including phenoxy) is 1. The van der Waals surface area contributed by atoms with Crippen LogP contribution in [0.15, 0.2) is 22.8 Å². The van der Waals surface area contributed by atoms with Crippen LogP contribution in [0.2, 0.25) is 0 Å². The summed E-state index contributed by atoms with van der Waals surface area (Å²) in [6, 6.07) is 3.66. The van der Waals surface area contributed by atoms with Crippen molar-refractivity contribution in [2.45, 2.75) is 32.8 Å². The second-order valence-electron chi connectivity index (χ2n) is 3.12. The molecule has 0 radical (unpaired) electrons. The summed E-state index contributed by atoms with van der Waals surface area (Å²) in [7, 11) is 0.